The summed E-state index contributed by atoms with van der Waals surface area (Å²) in [6, 6.07) is 0. The van der Waals surface area contributed by atoms with Crippen LogP contribution < -0.4 is 0 Å². The highest BCUT2D eigenvalue weighted by atomic mass is 28.3. The summed E-state index contributed by atoms with van der Waals surface area (Å²) in [5.41, 5.74) is 4.87. The van der Waals surface area contributed by atoms with Crippen LogP contribution in [0.3, 0.4) is 0 Å². The predicted octanol–water partition coefficient (Wildman–Crippen LogP) is 2.61. The summed E-state index contributed by atoms with van der Waals surface area (Å²) in [5, 5.41) is 1.69. The number of rotatable bonds is 1. The van der Waals surface area contributed by atoms with Gasteiger partial charge in [0.05, 0.1) is 8.80 Å². The minimum atomic E-state index is -0.607. The van der Waals surface area contributed by atoms with Crippen LogP contribution in [0.4, 0.5) is 0 Å². The summed E-state index contributed by atoms with van der Waals surface area (Å²) in [6.07, 6.45) is 2.30. The van der Waals surface area contributed by atoms with E-state index in [1.807, 2.05) is 0 Å². The van der Waals surface area contributed by atoms with E-state index in [9.17, 15) is 0 Å². The molecule has 0 bridgehead atoms. The Labute approximate surface area is 65.3 Å². The highest BCUT2D eigenvalue weighted by Gasteiger charge is 2.18. The Bertz CT molecular complexity index is 187. The van der Waals surface area contributed by atoms with E-state index >= 15 is 0 Å². The molecule has 0 aromatic carbocycles. The van der Waals surface area contributed by atoms with Crippen molar-refractivity contribution in [2.24, 2.45) is 0 Å². The highest BCUT2D eigenvalue weighted by Crippen LogP contribution is 2.24. The van der Waals surface area contributed by atoms with Gasteiger partial charge >= 0.3 is 0 Å². The van der Waals surface area contributed by atoms with Crippen molar-refractivity contribution in [2.45, 2.75) is 33.2 Å². The maximum Gasteiger partial charge on any atom is 0.0913 e. The maximum atomic E-state index is 2.45. The van der Waals surface area contributed by atoms with Gasteiger partial charge in [-0.15, -0.1) is 0 Å². The van der Waals surface area contributed by atoms with E-state index in [1.165, 1.54) is 5.57 Å². The van der Waals surface area contributed by atoms with Gasteiger partial charge in [0.1, 0.15) is 0 Å². The number of hydrogen-bond donors (Lipinski definition) is 0. The highest BCUT2D eigenvalue weighted by molar-refractivity contribution is 6.74. The molecule has 1 rings (SSSR count). The third-order valence-corrected chi connectivity index (χ3v) is 5.89. The summed E-state index contributed by atoms with van der Waals surface area (Å²) in [6.45, 7) is 9.19. The molecule has 10 heavy (non-hydrogen) atoms. The first-order valence-corrected chi connectivity index (χ1v) is 5.89. The van der Waals surface area contributed by atoms with Crippen LogP contribution in [0.5, 0.6) is 0 Å². The van der Waals surface area contributed by atoms with Crippen molar-refractivity contribution in [3.63, 3.8) is 0 Å². The van der Waals surface area contributed by atoms with Gasteiger partial charge in [0.25, 0.3) is 0 Å². The summed E-state index contributed by atoms with van der Waals surface area (Å²) in [4.78, 5) is 0. The Kier molecular flexibility index (Phi) is 2.14. The molecule has 56 valence electrons. The van der Waals surface area contributed by atoms with Crippen LogP contribution in [-0.4, -0.2) is 8.80 Å². The van der Waals surface area contributed by atoms with E-state index < -0.39 is 8.80 Å². The average Bonchev–Trinajstić information content (AvgIpc) is 2.14. The predicted molar refractivity (Wildman–Crippen MR) is 49.8 cm³/mol. The molecule has 0 saturated carbocycles. The van der Waals surface area contributed by atoms with E-state index in [0.717, 1.165) is 5.54 Å². The lowest BCUT2D eigenvalue weighted by molar-refractivity contribution is 1.05. The Balaban J connectivity index is 2.78. The van der Waals surface area contributed by atoms with E-state index in [4.69, 9.17) is 0 Å². The molecule has 1 aliphatic heterocycles. The van der Waals surface area contributed by atoms with Crippen LogP contribution in [0.15, 0.2) is 22.5 Å². The molecule has 1 heteroatoms. The summed E-state index contributed by atoms with van der Waals surface area (Å²) in [5.74, 6) is 0. The number of allylic oxidation sites excluding steroid dienone is 3. The maximum absolute atomic E-state index is 2.45. The van der Waals surface area contributed by atoms with E-state index in [-0.39, 0.29) is 0 Å². The van der Waals surface area contributed by atoms with E-state index in [0.29, 0.717) is 0 Å². The zero-order valence-corrected chi connectivity index (χ0v) is 8.46. The molecule has 1 atom stereocenters. The average molecular weight is 152 g/mol. The Hall–Kier alpha value is -0.303. The molecule has 0 aliphatic carbocycles. The normalized spacial score (nSPS) is 25.1. The van der Waals surface area contributed by atoms with Crippen molar-refractivity contribution in [2.75, 3.05) is 0 Å². The summed E-state index contributed by atoms with van der Waals surface area (Å²) in [7, 11) is -0.607. The van der Waals surface area contributed by atoms with Crippen LogP contribution in [-0.2, 0) is 0 Å². The van der Waals surface area contributed by atoms with Gasteiger partial charge in [-0.1, -0.05) is 36.4 Å². The first kappa shape index (κ1) is 7.80. The fraction of sp³-hybridized carbons (Fsp3) is 0.556. The van der Waals surface area contributed by atoms with Crippen LogP contribution in [0.1, 0.15) is 27.7 Å². The standard InChI is InChI=1S/C9H16Si/c1-7(2)10-6-5-8(3)9(10)4/h5-7,10H,1-4H3. The molecule has 0 aromatic rings. The molecule has 0 saturated heterocycles. The van der Waals surface area contributed by atoms with Crippen molar-refractivity contribution < 1.29 is 0 Å². The molecule has 1 unspecified atom stereocenters. The van der Waals surface area contributed by atoms with Gasteiger partial charge in [-0.2, -0.15) is 0 Å². The van der Waals surface area contributed by atoms with Crippen molar-refractivity contribution in [3.05, 3.63) is 22.5 Å². The molecule has 0 spiro atoms. The van der Waals surface area contributed by atoms with Crippen LogP contribution in [0.25, 0.3) is 0 Å². The first-order chi connectivity index (χ1) is 4.63. The van der Waals surface area contributed by atoms with Gasteiger partial charge in [0, 0.05) is 0 Å². The topological polar surface area (TPSA) is 0 Å². The molecule has 1 heterocycles. The zero-order valence-electron chi connectivity index (χ0n) is 7.31. The lowest BCUT2D eigenvalue weighted by Crippen LogP contribution is -2.13. The Morgan fingerprint density at radius 3 is 2.10 bits per heavy atom. The molecule has 0 aromatic heterocycles. The van der Waals surface area contributed by atoms with Crippen molar-refractivity contribution in [1.82, 2.24) is 0 Å². The minimum absolute atomic E-state index is 0.607. The smallest absolute Gasteiger partial charge is 0.0913 e. The first-order valence-electron chi connectivity index (χ1n) is 3.98. The molecular formula is C9H16Si. The second kappa shape index (κ2) is 2.75. The Morgan fingerprint density at radius 2 is 1.90 bits per heavy atom. The SMILES string of the molecule is CC1=C(C)[SiH](C(C)C)C=C1. The second-order valence-corrected chi connectivity index (χ2v) is 7.13. The molecule has 1 aliphatic rings. The third-order valence-electron chi connectivity index (χ3n) is 2.39. The molecular weight excluding hydrogens is 136 g/mol. The van der Waals surface area contributed by atoms with Gasteiger partial charge in [-0.3, -0.25) is 0 Å². The van der Waals surface area contributed by atoms with Gasteiger partial charge in [0.15, 0.2) is 0 Å². The van der Waals surface area contributed by atoms with E-state index in [2.05, 4.69) is 39.5 Å². The van der Waals surface area contributed by atoms with Gasteiger partial charge in [0.2, 0.25) is 0 Å². The second-order valence-electron chi connectivity index (χ2n) is 3.49. The quantitative estimate of drug-likeness (QED) is 0.507. The monoisotopic (exact) mass is 152 g/mol. The van der Waals surface area contributed by atoms with E-state index in [1.54, 1.807) is 5.20 Å². The number of hydrogen-bond acceptors (Lipinski definition) is 0. The fourth-order valence-electron chi connectivity index (χ4n) is 1.51. The lowest BCUT2D eigenvalue weighted by Gasteiger charge is -2.12. The van der Waals surface area contributed by atoms with Crippen molar-refractivity contribution in [1.29, 1.82) is 0 Å². The Morgan fingerprint density at radius 1 is 1.30 bits per heavy atom. The molecule has 0 fully saturated rings. The van der Waals surface area contributed by atoms with Gasteiger partial charge in [-0.25, -0.2) is 0 Å². The summed E-state index contributed by atoms with van der Waals surface area (Å²) < 4.78 is 0. The summed E-state index contributed by atoms with van der Waals surface area (Å²) >= 11 is 0. The lowest BCUT2D eigenvalue weighted by atomic mass is 10.3. The van der Waals surface area contributed by atoms with Gasteiger partial charge < -0.3 is 0 Å². The molecule has 0 radical (unpaired) electrons. The molecule has 0 nitrogen and oxygen atoms in total. The zero-order chi connectivity index (χ0) is 7.72. The minimum Gasteiger partial charge on any atom is -0.0927 e. The van der Waals surface area contributed by atoms with Gasteiger partial charge in [-0.05, 0) is 19.4 Å². The fourth-order valence-corrected chi connectivity index (χ4v) is 4.36. The molecule has 0 amide bonds. The molecule has 0 N–H and O–H groups in total. The van der Waals surface area contributed by atoms with Crippen LogP contribution >= 0.6 is 0 Å². The van der Waals surface area contributed by atoms with Crippen molar-refractivity contribution in [3.8, 4) is 0 Å². The van der Waals surface area contributed by atoms with Crippen LogP contribution in [0.2, 0.25) is 5.54 Å². The largest absolute Gasteiger partial charge is 0.0927 e. The van der Waals surface area contributed by atoms with Crippen LogP contribution in [0, 0.1) is 0 Å². The van der Waals surface area contributed by atoms with Crippen molar-refractivity contribution >= 4 is 8.80 Å². The third kappa shape index (κ3) is 1.24.